The molecular weight excluding hydrogens is 272 g/mol. The highest BCUT2D eigenvalue weighted by Crippen LogP contribution is 2.26. The lowest BCUT2D eigenvalue weighted by molar-refractivity contribution is 0.509. The van der Waals surface area contributed by atoms with E-state index in [0.29, 0.717) is 22.9 Å². The lowest BCUT2D eigenvalue weighted by Gasteiger charge is -2.19. The van der Waals surface area contributed by atoms with Gasteiger partial charge < -0.3 is 5.32 Å². The predicted octanol–water partition coefficient (Wildman–Crippen LogP) is 4.15. The average molecular weight is 291 g/mol. The van der Waals surface area contributed by atoms with E-state index in [1.165, 1.54) is 6.07 Å². The topological polar surface area (TPSA) is 37.8 Å². The fourth-order valence-electron chi connectivity index (χ4n) is 1.86. The number of rotatable bonds is 3. The Kier molecular flexibility index (Phi) is 4.21. The van der Waals surface area contributed by atoms with Crippen LogP contribution in [-0.4, -0.2) is 16.5 Å². The molecular formula is C16H19F2N3. The number of halogens is 2. The van der Waals surface area contributed by atoms with Gasteiger partial charge in [0.1, 0.15) is 11.6 Å². The normalized spacial score (nSPS) is 11.5. The fourth-order valence-corrected chi connectivity index (χ4v) is 1.86. The van der Waals surface area contributed by atoms with Crippen LogP contribution in [-0.2, 0) is 5.41 Å². The van der Waals surface area contributed by atoms with Gasteiger partial charge in [0, 0.05) is 23.6 Å². The molecule has 1 heterocycles. The number of benzene rings is 1. The van der Waals surface area contributed by atoms with E-state index in [2.05, 4.69) is 15.3 Å². The summed E-state index contributed by atoms with van der Waals surface area (Å²) >= 11 is 0. The molecule has 0 saturated carbocycles. The Hall–Kier alpha value is -2.04. The Balaban J connectivity index is 2.56. The lowest BCUT2D eigenvalue weighted by Crippen LogP contribution is -2.17. The van der Waals surface area contributed by atoms with Gasteiger partial charge in [0.05, 0.1) is 5.69 Å². The van der Waals surface area contributed by atoms with E-state index >= 15 is 0 Å². The van der Waals surface area contributed by atoms with Crippen molar-refractivity contribution in [1.29, 1.82) is 0 Å². The summed E-state index contributed by atoms with van der Waals surface area (Å²) in [7, 11) is 0. The highest BCUT2D eigenvalue weighted by atomic mass is 19.2. The molecule has 5 heteroatoms. The number of aromatic nitrogens is 2. The van der Waals surface area contributed by atoms with Crippen LogP contribution >= 0.6 is 0 Å². The zero-order valence-corrected chi connectivity index (χ0v) is 12.7. The fraction of sp³-hybridized carbons (Fsp3) is 0.375. The minimum Gasteiger partial charge on any atom is -0.370 e. The average Bonchev–Trinajstić information content (AvgIpc) is 2.41. The second-order valence-electron chi connectivity index (χ2n) is 5.87. The summed E-state index contributed by atoms with van der Waals surface area (Å²) in [5.41, 5.74) is 0.865. The molecule has 112 valence electrons. The van der Waals surface area contributed by atoms with E-state index in [1.54, 1.807) is 6.07 Å². The molecule has 0 spiro atoms. The predicted molar refractivity (Wildman–Crippen MR) is 80.2 cm³/mol. The van der Waals surface area contributed by atoms with E-state index in [9.17, 15) is 8.78 Å². The van der Waals surface area contributed by atoms with E-state index in [1.807, 2.05) is 27.7 Å². The monoisotopic (exact) mass is 291 g/mol. The summed E-state index contributed by atoms with van der Waals surface area (Å²) < 4.78 is 26.5. The maximum atomic E-state index is 13.4. The molecule has 0 fully saturated rings. The second-order valence-corrected chi connectivity index (χ2v) is 5.87. The summed E-state index contributed by atoms with van der Waals surface area (Å²) in [5.74, 6) is -0.415. The Morgan fingerprint density at radius 2 is 1.76 bits per heavy atom. The van der Waals surface area contributed by atoms with Crippen LogP contribution in [0.15, 0.2) is 24.3 Å². The zero-order chi connectivity index (χ0) is 15.6. The molecule has 0 aliphatic rings. The van der Waals surface area contributed by atoms with Crippen molar-refractivity contribution < 1.29 is 8.78 Å². The van der Waals surface area contributed by atoms with Crippen LogP contribution < -0.4 is 5.32 Å². The molecule has 1 aromatic carbocycles. The number of nitrogens with zero attached hydrogens (tertiary/aromatic N) is 2. The van der Waals surface area contributed by atoms with Crippen molar-refractivity contribution in [3.05, 3.63) is 41.7 Å². The van der Waals surface area contributed by atoms with Crippen molar-refractivity contribution in [2.24, 2.45) is 0 Å². The van der Waals surface area contributed by atoms with Crippen LogP contribution in [0.25, 0.3) is 11.3 Å². The third kappa shape index (κ3) is 3.54. The summed E-state index contributed by atoms with van der Waals surface area (Å²) in [6.07, 6.45) is 0. The first kappa shape index (κ1) is 15.4. The van der Waals surface area contributed by atoms with Crippen LogP contribution in [0.2, 0.25) is 0 Å². The summed E-state index contributed by atoms with van der Waals surface area (Å²) in [6.45, 7) is 8.71. The molecule has 0 aliphatic heterocycles. The smallest absolute Gasteiger partial charge is 0.159 e. The highest BCUT2D eigenvalue weighted by Gasteiger charge is 2.19. The Morgan fingerprint density at radius 3 is 2.33 bits per heavy atom. The molecule has 0 aliphatic carbocycles. The van der Waals surface area contributed by atoms with E-state index < -0.39 is 11.6 Å². The molecule has 0 unspecified atom stereocenters. The first-order valence-electron chi connectivity index (χ1n) is 6.90. The van der Waals surface area contributed by atoms with Gasteiger partial charge in [-0.3, -0.25) is 0 Å². The summed E-state index contributed by atoms with van der Waals surface area (Å²) in [4.78, 5) is 8.96. The van der Waals surface area contributed by atoms with E-state index in [-0.39, 0.29) is 5.41 Å². The maximum Gasteiger partial charge on any atom is 0.159 e. The number of anilines is 1. The van der Waals surface area contributed by atoms with Gasteiger partial charge in [-0.25, -0.2) is 18.7 Å². The van der Waals surface area contributed by atoms with Crippen molar-refractivity contribution in [3.8, 4) is 11.3 Å². The molecule has 3 nitrogen and oxygen atoms in total. The minimum atomic E-state index is -0.881. The molecule has 0 radical (unpaired) electrons. The van der Waals surface area contributed by atoms with Crippen molar-refractivity contribution >= 4 is 5.82 Å². The Morgan fingerprint density at radius 1 is 1.05 bits per heavy atom. The van der Waals surface area contributed by atoms with Crippen LogP contribution in [0.3, 0.4) is 0 Å². The van der Waals surface area contributed by atoms with Crippen LogP contribution in [0, 0.1) is 11.6 Å². The third-order valence-corrected chi connectivity index (χ3v) is 2.97. The summed E-state index contributed by atoms with van der Waals surface area (Å²) in [6, 6.07) is 5.52. The van der Waals surface area contributed by atoms with Crippen LogP contribution in [0.5, 0.6) is 0 Å². The van der Waals surface area contributed by atoms with Crippen LogP contribution in [0.1, 0.15) is 33.5 Å². The van der Waals surface area contributed by atoms with Crippen molar-refractivity contribution in [2.75, 3.05) is 11.9 Å². The molecule has 0 bridgehead atoms. The van der Waals surface area contributed by atoms with Crippen LogP contribution in [0.4, 0.5) is 14.6 Å². The zero-order valence-electron chi connectivity index (χ0n) is 12.7. The van der Waals surface area contributed by atoms with Crippen molar-refractivity contribution in [1.82, 2.24) is 9.97 Å². The molecule has 0 amide bonds. The van der Waals surface area contributed by atoms with Gasteiger partial charge in [-0.05, 0) is 25.1 Å². The Labute approximate surface area is 123 Å². The maximum absolute atomic E-state index is 13.4. The molecule has 1 aromatic heterocycles. The molecule has 2 rings (SSSR count). The summed E-state index contributed by atoms with van der Waals surface area (Å²) in [5, 5.41) is 3.14. The van der Waals surface area contributed by atoms with E-state index in [0.717, 1.165) is 18.7 Å². The van der Waals surface area contributed by atoms with Gasteiger partial charge in [-0.15, -0.1) is 0 Å². The quantitative estimate of drug-likeness (QED) is 0.923. The second kappa shape index (κ2) is 5.76. The van der Waals surface area contributed by atoms with Gasteiger partial charge >= 0.3 is 0 Å². The molecule has 0 saturated heterocycles. The SMILES string of the molecule is CCNc1cc(-c2ccc(F)c(F)c2)nc(C(C)(C)C)n1. The number of hydrogen-bond donors (Lipinski definition) is 1. The molecule has 0 atom stereocenters. The van der Waals surface area contributed by atoms with Crippen molar-refractivity contribution in [2.45, 2.75) is 33.1 Å². The van der Waals surface area contributed by atoms with Gasteiger partial charge in [-0.2, -0.15) is 0 Å². The third-order valence-electron chi connectivity index (χ3n) is 2.97. The van der Waals surface area contributed by atoms with Crippen molar-refractivity contribution in [3.63, 3.8) is 0 Å². The van der Waals surface area contributed by atoms with Gasteiger partial charge in [0.25, 0.3) is 0 Å². The largest absolute Gasteiger partial charge is 0.370 e. The first-order chi connectivity index (χ1) is 9.81. The van der Waals surface area contributed by atoms with E-state index in [4.69, 9.17) is 0 Å². The highest BCUT2D eigenvalue weighted by molar-refractivity contribution is 5.62. The number of nitrogens with one attached hydrogen (secondary N) is 1. The lowest BCUT2D eigenvalue weighted by atomic mass is 9.95. The van der Waals surface area contributed by atoms with Gasteiger partial charge in [0.2, 0.25) is 0 Å². The molecule has 2 aromatic rings. The standard InChI is InChI=1S/C16H19F2N3/c1-5-19-14-9-13(20-15(21-14)16(2,3)4)10-6-7-11(17)12(18)8-10/h6-9H,5H2,1-4H3,(H,19,20,21). The number of hydrogen-bond acceptors (Lipinski definition) is 3. The Bertz CT molecular complexity index is 648. The van der Waals surface area contributed by atoms with Gasteiger partial charge in [0.15, 0.2) is 11.6 Å². The first-order valence-corrected chi connectivity index (χ1v) is 6.90. The minimum absolute atomic E-state index is 0.237. The van der Waals surface area contributed by atoms with Gasteiger partial charge in [-0.1, -0.05) is 20.8 Å². The molecule has 21 heavy (non-hydrogen) atoms. The molecule has 1 N–H and O–H groups in total.